The number of nitrogens with one attached hydrogen (secondary N) is 1. The van der Waals surface area contributed by atoms with Gasteiger partial charge in [-0.1, -0.05) is 35.1 Å². The fourth-order valence-corrected chi connectivity index (χ4v) is 2.00. The predicted molar refractivity (Wildman–Crippen MR) is 53.8 cm³/mol. The third kappa shape index (κ3) is 7.81. The van der Waals surface area contributed by atoms with Gasteiger partial charge in [0.05, 0.1) is 0 Å². The van der Waals surface area contributed by atoms with Gasteiger partial charge in [-0.3, -0.25) is 4.79 Å². The molecular weight excluding hydrogens is 178 g/mol. The molecule has 0 heterocycles. The highest BCUT2D eigenvalue weighted by Crippen LogP contribution is 2.18. The average Bonchev–Trinajstić information content (AvgIpc) is 2.04. The molecule has 0 aromatic heterocycles. The van der Waals surface area contributed by atoms with Crippen LogP contribution in [0.1, 0.15) is 6.92 Å². The maximum atomic E-state index is 10.6. The molecule has 1 N–H and O–H groups in total. The minimum atomic E-state index is -0.0906. The molecule has 0 saturated heterocycles. The zero-order valence-electron chi connectivity index (χ0n) is 6.63. The monoisotopic (exact) mass is 191 g/mol. The van der Waals surface area contributed by atoms with Gasteiger partial charge in [-0.2, -0.15) is 0 Å². The maximum Gasteiger partial charge on any atom is 0.243 e. The van der Waals surface area contributed by atoms with Gasteiger partial charge in [0.2, 0.25) is 5.91 Å². The lowest BCUT2D eigenvalue weighted by Gasteiger charge is -1.99. The Morgan fingerprint density at radius 3 is 2.91 bits per heavy atom. The van der Waals surface area contributed by atoms with Gasteiger partial charge in [0, 0.05) is 18.1 Å². The summed E-state index contributed by atoms with van der Waals surface area (Å²) in [5, 5.41) is 2.70. The van der Waals surface area contributed by atoms with Crippen LogP contribution in [0.2, 0.25) is 0 Å². The molecule has 64 valence electrons. The maximum absolute atomic E-state index is 10.6. The second kappa shape index (κ2) is 8.01. The first kappa shape index (κ1) is 10.9. The van der Waals surface area contributed by atoms with Crippen LogP contribution in [0.4, 0.5) is 0 Å². The smallest absolute Gasteiger partial charge is 0.243 e. The van der Waals surface area contributed by atoms with Crippen molar-refractivity contribution in [2.24, 2.45) is 0 Å². The second-order valence-corrected chi connectivity index (χ2v) is 4.59. The number of hydrogen-bond acceptors (Lipinski definition) is 3. The Morgan fingerprint density at radius 1 is 1.64 bits per heavy atom. The van der Waals surface area contributed by atoms with Crippen molar-refractivity contribution in [1.82, 2.24) is 5.32 Å². The summed E-state index contributed by atoms with van der Waals surface area (Å²) in [5.74, 6) is 1.98. The van der Waals surface area contributed by atoms with Crippen molar-refractivity contribution in [3.05, 3.63) is 12.7 Å². The minimum absolute atomic E-state index is 0.0906. The van der Waals surface area contributed by atoms with E-state index in [1.807, 2.05) is 0 Å². The number of carbonyl (C=O) groups is 1. The lowest BCUT2D eigenvalue weighted by Crippen LogP contribution is -2.22. The summed E-state index contributed by atoms with van der Waals surface area (Å²) < 4.78 is 0. The highest BCUT2D eigenvalue weighted by atomic mass is 33.1. The van der Waals surface area contributed by atoms with Crippen LogP contribution in [0.15, 0.2) is 12.7 Å². The first-order valence-electron chi connectivity index (χ1n) is 3.46. The summed E-state index contributed by atoms with van der Waals surface area (Å²) in [6.07, 6.45) is 1.29. The van der Waals surface area contributed by atoms with Gasteiger partial charge in [-0.25, -0.2) is 0 Å². The Hall–Kier alpha value is -0.0900. The molecule has 0 aromatic rings. The van der Waals surface area contributed by atoms with E-state index in [0.717, 1.165) is 18.1 Å². The molecule has 0 rings (SSSR count). The summed E-state index contributed by atoms with van der Waals surface area (Å²) in [5.41, 5.74) is 0. The van der Waals surface area contributed by atoms with E-state index in [2.05, 4.69) is 18.8 Å². The van der Waals surface area contributed by atoms with Crippen molar-refractivity contribution >= 4 is 27.5 Å². The van der Waals surface area contributed by atoms with Gasteiger partial charge in [0.25, 0.3) is 0 Å². The fourth-order valence-electron chi connectivity index (χ4n) is 0.430. The van der Waals surface area contributed by atoms with E-state index in [4.69, 9.17) is 0 Å². The molecule has 0 aromatic carbocycles. The van der Waals surface area contributed by atoms with Crippen molar-refractivity contribution in [2.45, 2.75) is 6.92 Å². The predicted octanol–water partition coefficient (Wildman–Crippen LogP) is 1.69. The van der Waals surface area contributed by atoms with E-state index in [9.17, 15) is 4.79 Å². The van der Waals surface area contributed by atoms with Crippen molar-refractivity contribution < 1.29 is 4.79 Å². The molecular formula is C7H13NOS2. The zero-order valence-corrected chi connectivity index (χ0v) is 8.26. The molecule has 2 nitrogen and oxygen atoms in total. The molecule has 0 spiro atoms. The third-order valence-electron chi connectivity index (χ3n) is 0.871. The van der Waals surface area contributed by atoms with Crippen molar-refractivity contribution in [3.63, 3.8) is 0 Å². The lowest BCUT2D eigenvalue weighted by molar-refractivity contribution is -0.116. The summed E-state index contributed by atoms with van der Waals surface area (Å²) >= 11 is 0. The first-order valence-corrected chi connectivity index (χ1v) is 5.94. The van der Waals surface area contributed by atoms with E-state index < -0.39 is 0 Å². The van der Waals surface area contributed by atoms with Gasteiger partial charge >= 0.3 is 0 Å². The minimum Gasteiger partial charge on any atom is -0.352 e. The van der Waals surface area contributed by atoms with Crippen LogP contribution in [0.3, 0.4) is 0 Å². The van der Waals surface area contributed by atoms with Crippen molar-refractivity contribution in [3.8, 4) is 0 Å². The summed E-state index contributed by atoms with van der Waals surface area (Å²) in [7, 11) is 3.58. The zero-order chi connectivity index (χ0) is 8.53. The highest BCUT2D eigenvalue weighted by Gasteiger charge is 1.91. The van der Waals surface area contributed by atoms with Crippen LogP contribution >= 0.6 is 21.6 Å². The van der Waals surface area contributed by atoms with Crippen molar-refractivity contribution in [2.75, 3.05) is 18.1 Å². The SMILES string of the molecule is C=CC(=O)NCCSSCC. The summed E-state index contributed by atoms with van der Waals surface area (Å²) in [6.45, 7) is 6.19. The topological polar surface area (TPSA) is 29.1 Å². The fraction of sp³-hybridized carbons (Fsp3) is 0.571. The van der Waals surface area contributed by atoms with Crippen molar-refractivity contribution in [1.29, 1.82) is 0 Å². The Morgan fingerprint density at radius 2 is 2.36 bits per heavy atom. The largest absolute Gasteiger partial charge is 0.352 e. The molecule has 0 aliphatic carbocycles. The molecule has 0 aliphatic heterocycles. The summed E-state index contributed by atoms with van der Waals surface area (Å²) in [4.78, 5) is 10.6. The van der Waals surface area contributed by atoms with E-state index in [-0.39, 0.29) is 5.91 Å². The van der Waals surface area contributed by atoms with Gasteiger partial charge in [0.1, 0.15) is 0 Å². The van der Waals surface area contributed by atoms with Crippen LogP contribution < -0.4 is 5.32 Å². The molecule has 0 fully saturated rings. The van der Waals surface area contributed by atoms with E-state index in [0.29, 0.717) is 0 Å². The molecule has 0 saturated carbocycles. The molecule has 0 aliphatic rings. The molecule has 1 amide bonds. The standard InChI is InChI=1S/C7H13NOS2/c1-3-7(9)8-5-6-11-10-4-2/h3H,1,4-6H2,2H3,(H,8,9). The first-order chi connectivity index (χ1) is 5.31. The Bertz CT molecular complexity index is 128. The van der Waals surface area contributed by atoms with Gasteiger partial charge in [0.15, 0.2) is 0 Å². The highest BCUT2D eigenvalue weighted by molar-refractivity contribution is 8.76. The Balaban J connectivity index is 3.01. The quantitative estimate of drug-likeness (QED) is 0.393. The molecule has 4 heteroatoms. The van der Waals surface area contributed by atoms with Crippen LogP contribution in [-0.2, 0) is 4.79 Å². The third-order valence-corrected chi connectivity index (χ3v) is 3.35. The molecule has 11 heavy (non-hydrogen) atoms. The normalized spacial score (nSPS) is 9.18. The van der Waals surface area contributed by atoms with Gasteiger partial charge < -0.3 is 5.32 Å². The Labute approximate surface area is 75.6 Å². The van der Waals surface area contributed by atoms with Crippen LogP contribution in [0.5, 0.6) is 0 Å². The molecule has 0 unspecified atom stereocenters. The number of amides is 1. The van der Waals surface area contributed by atoms with E-state index in [1.54, 1.807) is 21.6 Å². The van der Waals surface area contributed by atoms with Crippen LogP contribution in [0.25, 0.3) is 0 Å². The van der Waals surface area contributed by atoms with Crippen LogP contribution in [-0.4, -0.2) is 24.0 Å². The van der Waals surface area contributed by atoms with Gasteiger partial charge in [-0.15, -0.1) is 0 Å². The lowest BCUT2D eigenvalue weighted by atomic mass is 10.6. The van der Waals surface area contributed by atoms with E-state index in [1.165, 1.54) is 6.08 Å². The van der Waals surface area contributed by atoms with Gasteiger partial charge in [-0.05, 0) is 6.08 Å². The molecule has 0 radical (unpaired) electrons. The average molecular weight is 191 g/mol. The number of hydrogen-bond donors (Lipinski definition) is 1. The second-order valence-electron chi connectivity index (χ2n) is 1.72. The van der Waals surface area contributed by atoms with E-state index >= 15 is 0 Å². The number of rotatable bonds is 6. The molecule has 0 bridgehead atoms. The molecule has 0 atom stereocenters. The van der Waals surface area contributed by atoms with Crippen LogP contribution in [0, 0.1) is 0 Å². The number of carbonyl (C=O) groups excluding carboxylic acids is 1. The Kier molecular flexibility index (Phi) is 7.95. The summed E-state index contributed by atoms with van der Waals surface area (Å²) in [6, 6.07) is 0.